The van der Waals surface area contributed by atoms with E-state index >= 15 is 0 Å². The number of rotatable bonds is 6. The van der Waals surface area contributed by atoms with Crippen molar-refractivity contribution in [3.63, 3.8) is 0 Å². The van der Waals surface area contributed by atoms with Crippen LogP contribution in [0.4, 0.5) is 5.69 Å². The first-order valence-corrected chi connectivity index (χ1v) is 9.60. The molecule has 1 saturated heterocycles. The predicted octanol–water partition coefficient (Wildman–Crippen LogP) is 3.56. The van der Waals surface area contributed by atoms with Crippen molar-refractivity contribution in [1.82, 2.24) is 10.6 Å². The van der Waals surface area contributed by atoms with E-state index in [0.29, 0.717) is 12.5 Å². The number of nitrogens with zero attached hydrogens (tertiary/aromatic N) is 1. The normalized spacial score (nSPS) is 16.2. The van der Waals surface area contributed by atoms with E-state index in [0.717, 1.165) is 38.2 Å². The molecule has 1 amide bonds. The minimum atomic E-state index is 0. The lowest BCUT2D eigenvalue weighted by atomic mass is 9.88. The molecule has 2 aliphatic heterocycles. The van der Waals surface area contributed by atoms with Gasteiger partial charge < -0.3 is 15.5 Å². The first kappa shape index (κ1) is 22.5. The molecule has 0 saturated carbocycles. The minimum absolute atomic E-state index is 0. The van der Waals surface area contributed by atoms with Crippen LogP contribution in [0, 0.1) is 11.8 Å². The zero-order valence-electron chi connectivity index (χ0n) is 16.2. The van der Waals surface area contributed by atoms with Gasteiger partial charge in [0.1, 0.15) is 0 Å². The second-order valence-electron chi connectivity index (χ2n) is 7.54. The van der Waals surface area contributed by atoms with Crippen LogP contribution >= 0.6 is 24.8 Å². The van der Waals surface area contributed by atoms with Crippen molar-refractivity contribution in [2.75, 3.05) is 24.5 Å². The van der Waals surface area contributed by atoms with Gasteiger partial charge in [-0.15, -0.1) is 24.8 Å². The van der Waals surface area contributed by atoms with Gasteiger partial charge in [0.2, 0.25) is 5.91 Å². The van der Waals surface area contributed by atoms with Crippen molar-refractivity contribution in [2.24, 2.45) is 11.8 Å². The Balaban J connectivity index is 0.00000140. The molecule has 2 aromatic rings. The van der Waals surface area contributed by atoms with Crippen LogP contribution in [0.15, 0.2) is 48.5 Å². The van der Waals surface area contributed by atoms with Crippen molar-refractivity contribution in [3.05, 3.63) is 65.2 Å². The lowest BCUT2D eigenvalue weighted by Gasteiger charge is -2.31. The molecule has 1 atom stereocenters. The molecule has 6 heteroatoms. The second kappa shape index (κ2) is 10.1. The Kier molecular flexibility index (Phi) is 8.17. The Morgan fingerprint density at radius 3 is 2.46 bits per heavy atom. The van der Waals surface area contributed by atoms with Crippen molar-refractivity contribution < 1.29 is 4.79 Å². The Morgan fingerprint density at radius 1 is 1.11 bits per heavy atom. The number of nitrogens with one attached hydrogen (secondary N) is 2. The summed E-state index contributed by atoms with van der Waals surface area (Å²) < 4.78 is 0. The number of carbonyl (C=O) groups is 1. The molecular formula is C22H29Cl2N3O. The summed E-state index contributed by atoms with van der Waals surface area (Å²) in [6, 6.07) is 17.3. The van der Waals surface area contributed by atoms with Crippen LogP contribution in [0.5, 0.6) is 0 Å². The average molecular weight is 422 g/mol. The van der Waals surface area contributed by atoms with Crippen LogP contribution in [-0.2, 0) is 24.3 Å². The van der Waals surface area contributed by atoms with Crippen molar-refractivity contribution >= 4 is 36.4 Å². The molecule has 2 aromatic carbocycles. The molecular weight excluding hydrogens is 393 g/mol. The number of fused-ring (bicyclic) bond motifs is 1. The molecule has 1 fully saturated rings. The minimum Gasteiger partial charge on any atom is -0.367 e. The summed E-state index contributed by atoms with van der Waals surface area (Å²) in [5.74, 6) is 0.737. The Morgan fingerprint density at radius 2 is 1.79 bits per heavy atom. The molecule has 4 rings (SSSR count). The average Bonchev–Trinajstić information content (AvgIpc) is 3.02. The van der Waals surface area contributed by atoms with E-state index < -0.39 is 0 Å². The summed E-state index contributed by atoms with van der Waals surface area (Å²) in [6.45, 7) is 6.58. The van der Waals surface area contributed by atoms with E-state index in [1.54, 1.807) is 0 Å². The summed E-state index contributed by atoms with van der Waals surface area (Å²) in [6.07, 6.45) is 1.13. The number of hydrogen-bond acceptors (Lipinski definition) is 3. The van der Waals surface area contributed by atoms with Gasteiger partial charge in [0.05, 0.1) is 0 Å². The van der Waals surface area contributed by atoms with Gasteiger partial charge in [0.15, 0.2) is 0 Å². The molecule has 0 spiro atoms. The van der Waals surface area contributed by atoms with Gasteiger partial charge in [-0.3, -0.25) is 4.79 Å². The predicted molar refractivity (Wildman–Crippen MR) is 120 cm³/mol. The van der Waals surface area contributed by atoms with Gasteiger partial charge in [-0.1, -0.05) is 49.4 Å². The zero-order valence-corrected chi connectivity index (χ0v) is 17.8. The van der Waals surface area contributed by atoms with Crippen molar-refractivity contribution in [2.45, 2.75) is 26.4 Å². The smallest absolute Gasteiger partial charge is 0.223 e. The van der Waals surface area contributed by atoms with E-state index in [-0.39, 0.29) is 36.6 Å². The maximum atomic E-state index is 12.2. The van der Waals surface area contributed by atoms with Crippen molar-refractivity contribution in [3.8, 4) is 0 Å². The number of carbonyl (C=O) groups excluding carboxylic acids is 1. The summed E-state index contributed by atoms with van der Waals surface area (Å²) in [7, 11) is 0. The molecule has 0 aromatic heterocycles. The quantitative estimate of drug-likeness (QED) is 0.748. The molecule has 0 bridgehead atoms. The monoisotopic (exact) mass is 421 g/mol. The molecule has 152 valence electrons. The fourth-order valence-corrected chi connectivity index (χ4v) is 3.78. The van der Waals surface area contributed by atoms with Crippen LogP contribution in [0.25, 0.3) is 0 Å². The molecule has 4 nitrogen and oxygen atoms in total. The van der Waals surface area contributed by atoms with Gasteiger partial charge in [-0.25, -0.2) is 0 Å². The lowest BCUT2D eigenvalue weighted by Crippen LogP contribution is -2.49. The van der Waals surface area contributed by atoms with E-state index in [9.17, 15) is 4.79 Å². The third-order valence-electron chi connectivity index (χ3n) is 5.78. The molecule has 2 heterocycles. The maximum absolute atomic E-state index is 12.2. The first-order valence-electron chi connectivity index (χ1n) is 9.60. The van der Waals surface area contributed by atoms with E-state index in [1.807, 2.05) is 6.92 Å². The summed E-state index contributed by atoms with van der Waals surface area (Å²) >= 11 is 0. The highest BCUT2D eigenvalue weighted by molar-refractivity contribution is 5.85. The fourth-order valence-electron chi connectivity index (χ4n) is 3.78. The van der Waals surface area contributed by atoms with Crippen LogP contribution in [0.1, 0.15) is 23.6 Å². The van der Waals surface area contributed by atoms with Gasteiger partial charge >= 0.3 is 0 Å². The van der Waals surface area contributed by atoms with Gasteiger partial charge in [0, 0.05) is 31.2 Å². The largest absolute Gasteiger partial charge is 0.367 e. The Labute approximate surface area is 179 Å². The topological polar surface area (TPSA) is 44.4 Å². The third-order valence-corrected chi connectivity index (χ3v) is 5.78. The Bertz CT molecular complexity index is 778. The third kappa shape index (κ3) is 4.99. The SMILES string of the molecule is CC(C(=O)NCc1ccc(CN2CCc3ccccc32)cc1)C1CNC1.Cl.Cl. The van der Waals surface area contributed by atoms with Crippen LogP contribution in [0.2, 0.25) is 0 Å². The van der Waals surface area contributed by atoms with E-state index in [1.165, 1.54) is 16.8 Å². The second-order valence-corrected chi connectivity index (χ2v) is 7.54. The van der Waals surface area contributed by atoms with E-state index in [4.69, 9.17) is 0 Å². The zero-order chi connectivity index (χ0) is 17.9. The summed E-state index contributed by atoms with van der Waals surface area (Å²) in [5.41, 5.74) is 5.28. The lowest BCUT2D eigenvalue weighted by molar-refractivity contribution is -0.126. The van der Waals surface area contributed by atoms with Crippen LogP contribution in [-0.4, -0.2) is 25.5 Å². The fraction of sp³-hybridized carbons (Fsp3) is 0.409. The Hall–Kier alpha value is -1.75. The summed E-state index contributed by atoms with van der Waals surface area (Å²) in [4.78, 5) is 14.7. The van der Waals surface area contributed by atoms with Crippen LogP contribution in [0.3, 0.4) is 0 Å². The van der Waals surface area contributed by atoms with Crippen molar-refractivity contribution in [1.29, 1.82) is 0 Å². The number of hydrogen-bond donors (Lipinski definition) is 2. The summed E-state index contributed by atoms with van der Waals surface area (Å²) in [5, 5.41) is 6.31. The van der Waals surface area contributed by atoms with Gasteiger partial charge in [-0.2, -0.15) is 0 Å². The van der Waals surface area contributed by atoms with Gasteiger partial charge in [0.25, 0.3) is 0 Å². The molecule has 0 aliphatic carbocycles. The molecule has 2 N–H and O–H groups in total. The maximum Gasteiger partial charge on any atom is 0.223 e. The highest BCUT2D eigenvalue weighted by Gasteiger charge is 2.28. The molecule has 0 radical (unpaired) electrons. The van der Waals surface area contributed by atoms with Crippen LogP contribution < -0.4 is 15.5 Å². The molecule has 1 unspecified atom stereocenters. The number of benzene rings is 2. The standard InChI is InChI=1S/C22H27N3O.2ClH/c1-16(20-13-23-14-20)22(26)24-12-17-6-8-18(9-7-17)15-25-11-10-19-4-2-3-5-21(19)25;;/h2-9,16,20,23H,10-15H2,1H3,(H,24,26);2*1H. The number of anilines is 1. The van der Waals surface area contributed by atoms with E-state index in [2.05, 4.69) is 64.1 Å². The highest BCUT2D eigenvalue weighted by Crippen LogP contribution is 2.28. The number of halogens is 2. The number of para-hydroxylation sites is 1. The number of amides is 1. The first-order chi connectivity index (χ1) is 12.7. The van der Waals surface area contributed by atoms with Gasteiger partial charge in [-0.05, 0) is 48.2 Å². The molecule has 2 aliphatic rings. The molecule has 28 heavy (non-hydrogen) atoms. The highest BCUT2D eigenvalue weighted by atomic mass is 35.5.